The molecule has 1 aliphatic rings. The van der Waals surface area contributed by atoms with Crippen molar-refractivity contribution >= 4 is 17.5 Å². The van der Waals surface area contributed by atoms with Crippen molar-refractivity contribution in [3.8, 4) is 5.75 Å². The predicted molar refractivity (Wildman–Crippen MR) is 86.2 cm³/mol. The molecule has 1 N–H and O–H groups in total. The minimum Gasteiger partial charge on any atom is -0.484 e. The van der Waals surface area contributed by atoms with E-state index < -0.39 is 0 Å². The number of carbonyl (C=O) groups is 1. The lowest BCUT2D eigenvalue weighted by molar-refractivity contribution is -0.138. The third kappa shape index (κ3) is 4.87. The molecule has 122 valence electrons. The fraction of sp³-hybridized carbons (Fsp3) is 0.562. The first-order chi connectivity index (χ1) is 10.5. The van der Waals surface area contributed by atoms with Gasteiger partial charge in [0.2, 0.25) is 0 Å². The minimum absolute atomic E-state index is 0.0147. The summed E-state index contributed by atoms with van der Waals surface area (Å²) in [4.78, 5) is 16.3. The first-order valence-corrected chi connectivity index (χ1v) is 7.91. The Morgan fingerprint density at radius 1 is 1.41 bits per heavy atom. The lowest BCUT2D eigenvalue weighted by atomic mass is 10.1. The van der Waals surface area contributed by atoms with Gasteiger partial charge in [0.05, 0.1) is 6.10 Å². The van der Waals surface area contributed by atoms with Crippen molar-refractivity contribution in [1.29, 1.82) is 0 Å². The number of β-amino-alcohol motifs (C(OH)–C–C–N with tert-alkyl or cyclic N) is 1. The highest BCUT2D eigenvalue weighted by Gasteiger charge is 2.27. The van der Waals surface area contributed by atoms with E-state index in [1.54, 1.807) is 31.2 Å². The number of carbonyl (C=O) groups excluding carboxylic acids is 1. The summed E-state index contributed by atoms with van der Waals surface area (Å²) in [5.41, 5.74) is 0. The Hall–Kier alpha value is -1.30. The van der Waals surface area contributed by atoms with E-state index in [1.165, 1.54) is 0 Å². The van der Waals surface area contributed by atoms with Gasteiger partial charge in [-0.3, -0.25) is 9.69 Å². The molecule has 1 aliphatic heterocycles. The van der Waals surface area contributed by atoms with E-state index in [2.05, 4.69) is 4.90 Å². The number of amides is 1. The number of rotatable bonds is 5. The third-order valence-corrected chi connectivity index (χ3v) is 3.98. The summed E-state index contributed by atoms with van der Waals surface area (Å²) in [6.45, 7) is 6.70. The molecule has 0 spiro atoms. The van der Waals surface area contributed by atoms with Crippen LogP contribution in [0.4, 0.5) is 0 Å². The molecule has 1 heterocycles. The van der Waals surface area contributed by atoms with E-state index in [0.717, 1.165) is 13.1 Å². The van der Waals surface area contributed by atoms with E-state index in [-0.39, 0.29) is 24.7 Å². The summed E-state index contributed by atoms with van der Waals surface area (Å²) in [6, 6.07) is 7.09. The molecule has 0 bridgehead atoms. The monoisotopic (exact) mass is 326 g/mol. The smallest absolute Gasteiger partial charge is 0.260 e. The number of hydrogen-bond acceptors (Lipinski definition) is 4. The van der Waals surface area contributed by atoms with Crippen LogP contribution in [0.1, 0.15) is 13.8 Å². The molecule has 1 saturated heterocycles. The van der Waals surface area contributed by atoms with Crippen LogP contribution in [0.3, 0.4) is 0 Å². The predicted octanol–water partition coefficient (Wildman–Crippen LogP) is 1.63. The number of halogens is 1. The Morgan fingerprint density at radius 3 is 2.68 bits per heavy atom. The summed E-state index contributed by atoms with van der Waals surface area (Å²) in [7, 11) is 0. The van der Waals surface area contributed by atoms with Gasteiger partial charge < -0.3 is 14.7 Å². The molecule has 1 fully saturated rings. The lowest BCUT2D eigenvalue weighted by Gasteiger charge is -2.40. The molecule has 0 unspecified atom stereocenters. The fourth-order valence-corrected chi connectivity index (χ4v) is 2.83. The highest BCUT2D eigenvalue weighted by Crippen LogP contribution is 2.16. The van der Waals surface area contributed by atoms with Crippen molar-refractivity contribution in [3.63, 3.8) is 0 Å². The molecular weight excluding hydrogens is 304 g/mol. The molecule has 2 atom stereocenters. The van der Waals surface area contributed by atoms with Crippen molar-refractivity contribution < 1.29 is 14.6 Å². The van der Waals surface area contributed by atoms with Crippen molar-refractivity contribution in [1.82, 2.24) is 9.80 Å². The van der Waals surface area contributed by atoms with E-state index in [4.69, 9.17) is 16.3 Å². The molecule has 1 aromatic carbocycles. The van der Waals surface area contributed by atoms with Crippen molar-refractivity contribution in [3.05, 3.63) is 29.3 Å². The topological polar surface area (TPSA) is 53.0 Å². The maximum atomic E-state index is 12.3. The zero-order valence-corrected chi connectivity index (χ0v) is 13.8. The molecule has 1 amide bonds. The zero-order valence-electron chi connectivity index (χ0n) is 13.0. The van der Waals surface area contributed by atoms with Gasteiger partial charge in [-0.25, -0.2) is 0 Å². The Labute approximate surface area is 136 Å². The minimum atomic E-state index is -0.345. The number of hydrogen-bond donors (Lipinski definition) is 1. The molecule has 6 heteroatoms. The van der Waals surface area contributed by atoms with Crippen LogP contribution in [0.2, 0.25) is 5.02 Å². The van der Waals surface area contributed by atoms with Crippen LogP contribution in [0.25, 0.3) is 0 Å². The average Bonchev–Trinajstić information content (AvgIpc) is 2.46. The van der Waals surface area contributed by atoms with Gasteiger partial charge in [-0.15, -0.1) is 0 Å². The second-order valence-corrected chi connectivity index (χ2v) is 6.22. The molecule has 0 saturated carbocycles. The standard InChI is InChI=1S/C16H23ClN2O3/c1-12-9-18(10-13(2)20)7-8-19(12)16(21)11-22-15-5-3-14(17)4-6-15/h3-6,12-13,20H,7-11H2,1-2H3/t12-,13+/m0/s1. The zero-order chi connectivity index (χ0) is 16.1. The summed E-state index contributed by atoms with van der Waals surface area (Å²) >= 11 is 5.81. The lowest BCUT2D eigenvalue weighted by Crippen LogP contribution is -2.55. The molecule has 2 rings (SSSR count). The van der Waals surface area contributed by atoms with Gasteiger partial charge in [0.1, 0.15) is 5.75 Å². The number of aliphatic hydroxyl groups is 1. The first-order valence-electron chi connectivity index (χ1n) is 7.54. The van der Waals surface area contributed by atoms with E-state index in [9.17, 15) is 9.90 Å². The van der Waals surface area contributed by atoms with Crippen LogP contribution >= 0.6 is 11.6 Å². The maximum Gasteiger partial charge on any atom is 0.260 e. The van der Waals surface area contributed by atoms with Crippen molar-refractivity contribution in [2.75, 3.05) is 32.8 Å². The van der Waals surface area contributed by atoms with Gasteiger partial charge in [-0.2, -0.15) is 0 Å². The normalized spacial score (nSPS) is 20.7. The maximum absolute atomic E-state index is 12.3. The number of piperazine rings is 1. The number of nitrogens with zero attached hydrogens (tertiary/aromatic N) is 2. The van der Waals surface area contributed by atoms with Crippen LogP contribution in [-0.4, -0.2) is 65.7 Å². The van der Waals surface area contributed by atoms with Gasteiger partial charge in [0.15, 0.2) is 6.61 Å². The summed E-state index contributed by atoms with van der Waals surface area (Å²) < 4.78 is 5.51. The van der Waals surface area contributed by atoms with Crippen molar-refractivity contribution in [2.45, 2.75) is 26.0 Å². The molecule has 0 aromatic heterocycles. The van der Waals surface area contributed by atoms with Crippen LogP contribution in [-0.2, 0) is 4.79 Å². The second-order valence-electron chi connectivity index (χ2n) is 5.79. The summed E-state index contributed by atoms with van der Waals surface area (Å²) in [6.07, 6.45) is -0.345. The van der Waals surface area contributed by atoms with Crippen LogP contribution in [0.5, 0.6) is 5.75 Å². The summed E-state index contributed by atoms with van der Waals surface area (Å²) in [5.74, 6) is 0.622. The molecule has 0 aliphatic carbocycles. The highest BCUT2D eigenvalue weighted by molar-refractivity contribution is 6.30. The Bertz CT molecular complexity index is 493. The average molecular weight is 327 g/mol. The molecule has 22 heavy (non-hydrogen) atoms. The van der Waals surface area contributed by atoms with Crippen LogP contribution in [0.15, 0.2) is 24.3 Å². The Balaban J connectivity index is 1.81. The van der Waals surface area contributed by atoms with E-state index in [0.29, 0.717) is 23.9 Å². The van der Waals surface area contributed by atoms with Crippen LogP contribution < -0.4 is 4.74 Å². The van der Waals surface area contributed by atoms with Gasteiger partial charge in [0.25, 0.3) is 5.91 Å². The number of aliphatic hydroxyl groups excluding tert-OH is 1. The molecule has 0 radical (unpaired) electrons. The summed E-state index contributed by atoms with van der Waals surface area (Å²) in [5, 5.41) is 10.1. The van der Waals surface area contributed by atoms with Crippen molar-refractivity contribution in [2.24, 2.45) is 0 Å². The van der Waals surface area contributed by atoms with E-state index >= 15 is 0 Å². The van der Waals surface area contributed by atoms with Gasteiger partial charge in [0, 0.05) is 37.2 Å². The van der Waals surface area contributed by atoms with Gasteiger partial charge in [-0.05, 0) is 38.1 Å². The van der Waals surface area contributed by atoms with Gasteiger partial charge >= 0.3 is 0 Å². The fourth-order valence-electron chi connectivity index (χ4n) is 2.70. The second kappa shape index (κ2) is 7.81. The third-order valence-electron chi connectivity index (χ3n) is 3.73. The highest BCUT2D eigenvalue weighted by atomic mass is 35.5. The Morgan fingerprint density at radius 2 is 2.09 bits per heavy atom. The van der Waals surface area contributed by atoms with Crippen LogP contribution in [0, 0.1) is 0 Å². The molecule has 1 aromatic rings. The van der Waals surface area contributed by atoms with Gasteiger partial charge in [-0.1, -0.05) is 11.6 Å². The Kier molecular flexibility index (Phi) is 6.06. The number of benzene rings is 1. The van der Waals surface area contributed by atoms with E-state index in [1.807, 2.05) is 11.8 Å². The quantitative estimate of drug-likeness (QED) is 0.893. The largest absolute Gasteiger partial charge is 0.484 e. The first kappa shape index (κ1) is 17.1. The molecular formula is C16H23ClN2O3. The number of ether oxygens (including phenoxy) is 1. The SMILES string of the molecule is C[C@@H](O)CN1CCN(C(=O)COc2ccc(Cl)cc2)[C@@H](C)C1. The molecule has 5 nitrogen and oxygen atoms in total.